The lowest BCUT2D eigenvalue weighted by atomic mass is 10.0. The molecule has 0 heterocycles. The molecule has 2 N–H and O–H groups in total. The molecule has 164 valence electrons. The number of ether oxygens (including phenoxy) is 1. The maximum Gasteiger partial charge on any atom is 0.306 e. The summed E-state index contributed by atoms with van der Waals surface area (Å²) in [6, 6.07) is 15.8. The smallest absolute Gasteiger partial charge is 0.306 e. The second-order valence-electron chi connectivity index (χ2n) is 7.11. The number of Topliss-reactive ketones (excluding diaryl/α,β-unsaturated/α-hetero) is 1. The number of hydrogen-bond acceptors (Lipinski definition) is 5. The zero-order valence-electron chi connectivity index (χ0n) is 17.7. The van der Waals surface area contributed by atoms with Crippen LogP contribution in [0, 0.1) is 0 Å². The van der Waals surface area contributed by atoms with Crippen LogP contribution in [0.1, 0.15) is 65.3 Å². The fraction of sp³-hybridized carbons (Fsp3) is 0.333. The van der Waals surface area contributed by atoms with Crippen molar-refractivity contribution in [2.24, 2.45) is 0 Å². The van der Waals surface area contributed by atoms with E-state index in [9.17, 15) is 19.2 Å². The average molecular weight is 424 g/mol. The highest BCUT2D eigenvalue weighted by Crippen LogP contribution is 2.11. The number of aryl methyl sites for hydroxylation is 1. The molecule has 0 unspecified atom stereocenters. The molecule has 7 nitrogen and oxygen atoms in total. The summed E-state index contributed by atoms with van der Waals surface area (Å²) in [5.74, 6) is -1.98. The molecule has 0 atom stereocenters. The molecule has 0 aliphatic heterocycles. The molecular formula is C24H28N2O5. The largest absolute Gasteiger partial charge is 0.455 e. The van der Waals surface area contributed by atoms with Gasteiger partial charge in [0.25, 0.3) is 11.8 Å². The number of ketones is 1. The predicted octanol–water partition coefficient (Wildman–Crippen LogP) is 3.39. The molecule has 7 heteroatoms. The number of hydrazine groups is 1. The van der Waals surface area contributed by atoms with E-state index in [1.54, 1.807) is 42.5 Å². The van der Waals surface area contributed by atoms with E-state index in [-0.39, 0.29) is 18.6 Å². The molecule has 0 aromatic heterocycles. The van der Waals surface area contributed by atoms with Crippen LogP contribution >= 0.6 is 0 Å². The van der Waals surface area contributed by atoms with E-state index in [0.29, 0.717) is 11.1 Å². The maximum atomic E-state index is 12.2. The van der Waals surface area contributed by atoms with Crippen LogP contribution in [-0.4, -0.2) is 30.2 Å². The first-order valence-corrected chi connectivity index (χ1v) is 10.4. The van der Waals surface area contributed by atoms with Crippen LogP contribution in [0.5, 0.6) is 0 Å². The Kier molecular flexibility index (Phi) is 9.94. The van der Waals surface area contributed by atoms with Gasteiger partial charge in [-0.3, -0.25) is 30.0 Å². The Morgan fingerprint density at radius 3 is 2.19 bits per heavy atom. The van der Waals surface area contributed by atoms with Crippen molar-refractivity contribution in [1.82, 2.24) is 10.9 Å². The summed E-state index contributed by atoms with van der Waals surface area (Å²) in [5.41, 5.74) is 6.52. The van der Waals surface area contributed by atoms with Crippen LogP contribution < -0.4 is 10.9 Å². The summed E-state index contributed by atoms with van der Waals surface area (Å²) < 4.78 is 4.85. The van der Waals surface area contributed by atoms with Crippen molar-refractivity contribution < 1.29 is 23.9 Å². The fourth-order valence-electron chi connectivity index (χ4n) is 2.84. The van der Waals surface area contributed by atoms with Gasteiger partial charge in [0.15, 0.2) is 12.4 Å². The van der Waals surface area contributed by atoms with Crippen molar-refractivity contribution in [2.75, 3.05) is 6.61 Å². The first kappa shape index (κ1) is 23.8. The molecule has 0 fully saturated rings. The lowest BCUT2D eigenvalue weighted by Gasteiger charge is -2.08. The molecule has 0 aliphatic carbocycles. The van der Waals surface area contributed by atoms with Crippen molar-refractivity contribution in [3.63, 3.8) is 0 Å². The van der Waals surface area contributed by atoms with Crippen LogP contribution in [0.25, 0.3) is 0 Å². The van der Waals surface area contributed by atoms with Gasteiger partial charge in [-0.15, -0.1) is 0 Å². The SMILES string of the molecule is CCCCCc1ccc(C(=O)CCC(=O)OCC(=O)NNC(=O)c2ccccc2)cc1. The maximum absolute atomic E-state index is 12.2. The zero-order chi connectivity index (χ0) is 22.5. The van der Waals surface area contributed by atoms with Crippen molar-refractivity contribution in [3.8, 4) is 0 Å². The number of benzene rings is 2. The Morgan fingerprint density at radius 1 is 0.806 bits per heavy atom. The van der Waals surface area contributed by atoms with Gasteiger partial charge in [-0.2, -0.15) is 0 Å². The van der Waals surface area contributed by atoms with Gasteiger partial charge in [0.1, 0.15) is 0 Å². The number of esters is 1. The van der Waals surface area contributed by atoms with Crippen LogP contribution in [0.15, 0.2) is 54.6 Å². The quantitative estimate of drug-likeness (QED) is 0.249. The molecular weight excluding hydrogens is 396 g/mol. The van der Waals surface area contributed by atoms with Gasteiger partial charge >= 0.3 is 5.97 Å². The van der Waals surface area contributed by atoms with Crippen LogP contribution in [-0.2, 0) is 20.7 Å². The number of carbonyl (C=O) groups excluding carboxylic acids is 4. The molecule has 2 aromatic carbocycles. The Labute approximate surface area is 182 Å². The number of amides is 2. The lowest BCUT2D eigenvalue weighted by molar-refractivity contribution is -0.148. The molecule has 0 spiro atoms. The van der Waals surface area contributed by atoms with Crippen LogP contribution in [0.3, 0.4) is 0 Å². The van der Waals surface area contributed by atoms with Gasteiger partial charge in [-0.05, 0) is 30.5 Å². The van der Waals surface area contributed by atoms with Gasteiger partial charge < -0.3 is 4.74 Å². The van der Waals surface area contributed by atoms with Crippen molar-refractivity contribution in [3.05, 3.63) is 71.3 Å². The summed E-state index contributed by atoms with van der Waals surface area (Å²) in [5, 5.41) is 0. The van der Waals surface area contributed by atoms with Crippen LogP contribution in [0.4, 0.5) is 0 Å². The van der Waals surface area contributed by atoms with Crippen molar-refractivity contribution >= 4 is 23.6 Å². The monoisotopic (exact) mass is 424 g/mol. The summed E-state index contributed by atoms with van der Waals surface area (Å²) in [6.45, 7) is 1.61. The zero-order valence-corrected chi connectivity index (χ0v) is 17.7. The van der Waals surface area contributed by atoms with Crippen molar-refractivity contribution in [1.29, 1.82) is 0 Å². The van der Waals surface area contributed by atoms with Gasteiger partial charge in [0.05, 0.1) is 6.42 Å². The Morgan fingerprint density at radius 2 is 1.52 bits per heavy atom. The van der Waals surface area contributed by atoms with Crippen LogP contribution in [0.2, 0.25) is 0 Å². The minimum Gasteiger partial charge on any atom is -0.455 e. The number of unbranched alkanes of at least 4 members (excludes halogenated alkanes) is 2. The molecule has 2 amide bonds. The van der Waals surface area contributed by atoms with E-state index >= 15 is 0 Å². The van der Waals surface area contributed by atoms with E-state index in [1.807, 2.05) is 12.1 Å². The summed E-state index contributed by atoms with van der Waals surface area (Å²) in [6.07, 6.45) is 4.33. The molecule has 2 rings (SSSR count). The number of nitrogens with one attached hydrogen (secondary N) is 2. The third kappa shape index (κ3) is 8.82. The Bertz CT molecular complexity index is 879. The topological polar surface area (TPSA) is 102 Å². The first-order chi connectivity index (χ1) is 15.0. The number of rotatable bonds is 11. The molecule has 0 bridgehead atoms. The van der Waals surface area contributed by atoms with Gasteiger partial charge in [0, 0.05) is 17.5 Å². The third-order valence-electron chi connectivity index (χ3n) is 4.62. The molecule has 0 saturated heterocycles. The minimum atomic E-state index is -0.678. The highest BCUT2D eigenvalue weighted by atomic mass is 16.5. The van der Waals surface area contributed by atoms with E-state index in [1.165, 1.54) is 12.0 Å². The number of hydrogen-bond donors (Lipinski definition) is 2. The molecule has 0 aliphatic rings. The summed E-state index contributed by atoms with van der Waals surface area (Å²) in [7, 11) is 0. The van der Waals surface area contributed by atoms with Gasteiger partial charge in [-0.1, -0.05) is 62.2 Å². The average Bonchev–Trinajstić information content (AvgIpc) is 2.80. The van der Waals surface area contributed by atoms with Gasteiger partial charge in [0.2, 0.25) is 0 Å². The second kappa shape index (κ2) is 13.0. The summed E-state index contributed by atoms with van der Waals surface area (Å²) >= 11 is 0. The normalized spacial score (nSPS) is 10.2. The minimum absolute atomic E-state index is 0.000374. The van der Waals surface area contributed by atoms with E-state index in [2.05, 4.69) is 17.8 Å². The highest BCUT2D eigenvalue weighted by Gasteiger charge is 2.13. The number of carbonyl (C=O) groups is 4. The Hall–Kier alpha value is -3.48. The van der Waals surface area contributed by atoms with E-state index in [4.69, 9.17) is 4.74 Å². The van der Waals surface area contributed by atoms with E-state index in [0.717, 1.165) is 19.3 Å². The van der Waals surface area contributed by atoms with Crippen molar-refractivity contribution in [2.45, 2.75) is 45.4 Å². The lowest BCUT2D eigenvalue weighted by Crippen LogP contribution is -2.43. The van der Waals surface area contributed by atoms with Gasteiger partial charge in [-0.25, -0.2) is 0 Å². The molecule has 0 saturated carbocycles. The molecule has 2 aromatic rings. The van der Waals surface area contributed by atoms with E-state index < -0.39 is 24.4 Å². The fourth-order valence-corrected chi connectivity index (χ4v) is 2.84. The first-order valence-electron chi connectivity index (χ1n) is 10.4. The highest BCUT2D eigenvalue weighted by molar-refractivity contribution is 5.98. The summed E-state index contributed by atoms with van der Waals surface area (Å²) in [4.78, 5) is 47.6. The third-order valence-corrected chi connectivity index (χ3v) is 4.62. The Balaban J connectivity index is 1.65. The molecule has 0 radical (unpaired) electrons. The predicted molar refractivity (Wildman–Crippen MR) is 116 cm³/mol. The molecule has 31 heavy (non-hydrogen) atoms. The second-order valence-corrected chi connectivity index (χ2v) is 7.11. The standard InChI is InChI=1S/C24H28N2O5/c1-2-3-5-8-18-11-13-19(14-12-18)21(27)15-16-23(29)31-17-22(28)25-26-24(30)20-9-6-4-7-10-20/h4,6-7,9-14H,2-3,5,8,15-17H2,1H3,(H,25,28)(H,26,30).